The molecule has 1 N–H and O–H groups in total. The van der Waals surface area contributed by atoms with Crippen LogP contribution >= 0.6 is 0 Å². The topological polar surface area (TPSA) is 65.6 Å². The zero-order valence-corrected chi connectivity index (χ0v) is 14.8. The number of rotatable bonds is 4. The predicted octanol–water partition coefficient (Wildman–Crippen LogP) is 1.93. The van der Waals surface area contributed by atoms with Crippen molar-refractivity contribution in [1.82, 2.24) is 9.88 Å². The standard InChI is InChI=1S/C19H23N3O3/c1-13-4-6-16(7-5-13)22-10-14(2)21(12-19(22)24)11-15-8-17(23)18(25-3)9-20-15/h4-9,14H,10-12H2,1-3H3,(H,20,23)/t14-/m0/s1. The minimum absolute atomic E-state index is 0.0674. The predicted molar refractivity (Wildman–Crippen MR) is 97.0 cm³/mol. The van der Waals surface area contributed by atoms with E-state index in [2.05, 4.69) is 16.8 Å². The third-order valence-electron chi connectivity index (χ3n) is 4.59. The van der Waals surface area contributed by atoms with Crippen molar-refractivity contribution in [3.05, 3.63) is 58.0 Å². The fourth-order valence-corrected chi connectivity index (χ4v) is 3.05. The molecule has 0 unspecified atom stereocenters. The van der Waals surface area contributed by atoms with Gasteiger partial charge in [0.05, 0.1) is 13.7 Å². The lowest BCUT2D eigenvalue weighted by Gasteiger charge is -2.39. The molecule has 1 saturated heterocycles. The number of hydrogen-bond donors (Lipinski definition) is 1. The maximum Gasteiger partial charge on any atom is 0.241 e. The van der Waals surface area contributed by atoms with Crippen molar-refractivity contribution in [1.29, 1.82) is 0 Å². The first-order valence-corrected chi connectivity index (χ1v) is 8.34. The third-order valence-corrected chi connectivity index (χ3v) is 4.59. The van der Waals surface area contributed by atoms with Crippen LogP contribution in [-0.2, 0) is 11.3 Å². The van der Waals surface area contributed by atoms with Crippen LogP contribution in [0.3, 0.4) is 0 Å². The van der Waals surface area contributed by atoms with Gasteiger partial charge in [0.1, 0.15) is 0 Å². The molecule has 1 fully saturated rings. The van der Waals surface area contributed by atoms with Crippen LogP contribution in [0.15, 0.2) is 41.3 Å². The average Bonchev–Trinajstić information content (AvgIpc) is 2.59. The summed E-state index contributed by atoms with van der Waals surface area (Å²) in [5.41, 5.74) is 2.72. The van der Waals surface area contributed by atoms with Gasteiger partial charge in [0.2, 0.25) is 11.3 Å². The fraction of sp³-hybridized carbons (Fsp3) is 0.368. The Balaban J connectivity index is 1.72. The van der Waals surface area contributed by atoms with Crippen LogP contribution < -0.4 is 15.1 Å². The normalized spacial score (nSPS) is 18.4. The molecule has 25 heavy (non-hydrogen) atoms. The molecule has 6 nitrogen and oxygen atoms in total. The van der Waals surface area contributed by atoms with Crippen LogP contribution in [-0.4, -0.2) is 42.0 Å². The summed E-state index contributed by atoms with van der Waals surface area (Å²) in [4.78, 5) is 31.4. The van der Waals surface area contributed by atoms with Crippen LogP contribution in [0.25, 0.3) is 0 Å². The van der Waals surface area contributed by atoms with Crippen molar-refractivity contribution in [3.8, 4) is 5.75 Å². The molecule has 132 valence electrons. The Morgan fingerprint density at radius 1 is 1.24 bits per heavy atom. The fourth-order valence-electron chi connectivity index (χ4n) is 3.05. The summed E-state index contributed by atoms with van der Waals surface area (Å²) in [7, 11) is 1.47. The summed E-state index contributed by atoms with van der Waals surface area (Å²) in [6, 6.07) is 9.71. The second kappa shape index (κ2) is 7.11. The van der Waals surface area contributed by atoms with E-state index in [0.717, 1.165) is 11.4 Å². The molecule has 6 heteroatoms. The van der Waals surface area contributed by atoms with Crippen LogP contribution in [0, 0.1) is 6.92 Å². The Labute approximate surface area is 147 Å². The Morgan fingerprint density at radius 2 is 1.96 bits per heavy atom. The third kappa shape index (κ3) is 3.74. The number of anilines is 1. The van der Waals surface area contributed by atoms with Gasteiger partial charge in [-0.3, -0.25) is 14.5 Å². The molecule has 1 aromatic carbocycles. The lowest BCUT2D eigenvalue weighted by molar-refractivity contribution is -0.122. The van der Waals surface area contributed by atoms with Gasteiger partial charge < -0.3 is 14.6 Å². The highest BCUT2D eigenvalue weighted by Crippen LogP contribution is 2.21. The molecule has 2 aromatic rings. The number of H-pyrrole nitrogens is 1. The Hall–Kier alpha value is -2.60. The first-order valence-electron chi connectivity index (χ1n) is 8.34. The highest BCUT2D eigenvalue weighted by molar-refractivity contribution is 5.95. The average molecular weight is 341 g/mol. The number of aromatic amines is 1. The van der Waals surface area contributed by atoms with E-state index < -0.39 is 0 Å². The van der Waals surface area contributed by atoms with E-state index in [-0.39, 0.29) is 23.1 Å². The largest absolute Gasteiger partial charge is 0.491 e. The first kappa shape index (κ1) is 17.2. The zero-order valence-electron chi connectivity index (χ0n) is 14.8. The molecule has 3 rings (SSSR count). The van der Waals surface area contributed by atoms with E-state index in [1.54, 1.807) is 6.20 Å². The number of ether oxygens (including phenoxy) is 1. The number of aryl methyl sites for hydroxylation is 1. The van der Waals surface area contributed by atoms with Gasteiger partial charge in [-0.15, -0.1) is 0 Å². The van der Waals surface area contributed by atoms with E-state index in [1.807, 2.05) is 36.1 Å². The SMILES string of the molecule is COc1c[nH]c(CN2CC(=O)N(c3ccc(C)cc3)C[C@@H]2C)cc1=O. The summed E-state index contributed by atoms with van der Waals surface area (Å²) in [6.45, 7) is 5.59. The van der Waals surface area contributed by atoms with Crippen molar-refractivity contribution in [2.75, 3.05) is 25.1 Å². The van der Waals surface area contributed by atoms with Crippen LogP contribution in [0.5, 0.6) is 5.75 Å². The minimum Gasteiger partial charge on any atom is -0.491 e. The number of pyridine rings is 1. The van der Waals surface area contributed by atoms with Crippen molar-refractivity contribution in [2.45, 2.75) is 26.4 Å². The van der Waals surface area contributed by atoms with Crippen molar-refractivity contribution < 1.29 is 9.53 Å². The summed E-state index contributed by atoms with van der Waals surface area (Å²) in [6.07, 6.45) is 1.56. The second-order valence-corrected chi connectivity index (χ2v) is 6.48. The Kier molecular flexibility index (Phi) is 4.90. The Bertz CT molecular complexity index is 813. The summed E-state index contributed by atoms with van der Waals surface area (Å²) in [5.74, 6) is 0.356. The molecule has 2 heterocycles. The molecule has 0 bridgehead atoms. The number of carbonyl (C=O) groups excluding carboxylic acids is 1. The molecule has 1 aromatic heterocycles. The lowest BCUT2D eigenvalue weighted by Crippen LogP contribution is -2.55. The Morgan fingerprint density at radius 3 is 2.60 bits per heavy atom. The van der Waals surface area contributed by atoms with Gasteiger partial charge >= 0.3 is 0 Å². The molecule has 1 aliphatic heterocycles. The number of amides is 1. The molecule has 0 saturated carbocycles. The summed E-state index contributed by atoms with van der Waals surface area (Å²) < 4.78 is 4.98. The number of aromatic nitrogens is 1. The number of hydrogen-bond acceptors (Lipinski definition) is 4. The van der Waals surface area contributed by atoms with Gasteiger partial charge in [0, 0.05) is 42.8 Å². The van der Waals surface area contributed by atoms with Crippen LogP contribution in [0.4, 0.5) is 5.69 Å². The van der Waals surface area contributed by atoms with Gasteiger partial charge in [0.15, 0.2) is 5.75 Å². The number of benzene rings is 1. The van der Waals surface area contributed by atoms with Gasteiger partial charge in [0.25, 0.3) is 0 Å². The van der Waals surface area contributed by atoms with Crippen LogP contribution in [0.2, 0.25) is 0 Å². The van der Waals surface area contributed by atoms with Crippen molar-refractivity contribution >= 4 is 11.6 Å². The number of nitrogens with zero attached hydrogens (tertiary/aromatic N) is 2. The van der Waals surface area contributed by atoms with Crippen molar-refractivity contribution in [3.63, 3.8) is 0 Å². The number of methoxy groups -OCH3 is 1. The molecule has 1 amide bonds. The van der Waals surface area contributed by atoms with E-state index in [9.17, 15) is 9.59 Å². The monoisotopic (exact) mass is 341 g/mol. The first-order chi connectivity index (χ1) is 12.0. The highest BCUT2D eigenvalue weighted by atomic mass is 16.5. The molecule has 1 atom stereocenters. The lowest BCUT2D eigenvalue weighted by atomic mass is 10.1. The van der Waals surface area contributed by atoms with Gasteiger partial charge in [-0.25, -0.2) is 0 Å². The van der Waals surface area contributed by atoms with Gasteiger partial charge in [-0.1, -0.05) is 17.7 Å². The summed E-state index contributed by atoms with van der Waals surface area (Å²) in [5, 5.41) is 0. The van der Waals surface area contributed by atoms with Crippen LogP contribution in [0.1, 0.15) is 18.2 Å². The number of nitrogens with one attached hydrogen (secondary N) is 1. The molecular weight excluding hydrogens is 318 g/mol. The van der Waals surface area contributed by atoms with E-state index in [0.29, 0.717) is 19.6 Å². The molecular formula is C19H23N3O3. The smallest absolute Gasteiger partial charge is 0.241 e. The van der Waals surface area contributed by atoms with Crippen molar-refractivity contribution in [2.24, 2.45) is 0 Å². The van der Waals surface area contributed by atoms with E-state index in [4.69, 9.17) is 4.74 Å². The van der Waals surface area contributed by atoms with E-state index in [1.165, 1.54) is 18.7 Å². The highest BCUT2D eigenvalue weighted by Gasteiger charge is 2.30. The molecule has 0 radical (unpaired) electrons. The number of carbonyl (C=O) groups is 1. The maximum atomic E-state index is 12.6. The quantitative estimate of drug-likeness (QED) is 0.923. The maximum absolute atomic E-state index is 12.6. The summed E-state index contributed by atoms with van der Waals surface area (Å²) >= 11 is 0. The molecule has 0 spiro atoms. The molecule has 0 aliphatic carbocycles. The van der Waals surface area contributed by atoms with Gasteiger partial charge in [-0.2, -0.15) is 0 Å². The number of piperazine rings is 1. The molecule has 1 aliphatic rings. The second-order valence-electron chi connectivity index (χ2n) is 6.48. The minimum atomic E-state index is -0.159. The van der Waals surface area contributed by atoms with E-state index >= 15 is 0 Å². The zero-order chi connectivity index (χ0) is 18.0. The van der Waals surface area contributed by atoms with Gasteiger partial charge in [-0.05, 0) is 26.0 Å².